The molecule has 1 unspecified atom stereocenters. The number of rotatable bonds is 5. The summed E-state index contributed by atoms with van der Waals surface area (Å²) in [5, 5.41) is 18.6. The van der Waals surface area contributed by atoms with Gasteiger partial charge in [0.05, 0.1) is 5.60 Å². The molecule has 0 heterocycles. The highest BCUT2D eigenvalue weighted by Gasteiger charge is 2.28. The van der Waals surface area contributed by atoms with E-state index < -0.39 is 5.60 Å². The molecule has 0 saturated carbocycles. The Kier molecular flexibility index (Phi) is 4.21. The first-order valence-electron chi connectivity index (χ1n) is 4.66. The maximum absolute atomic E-state index is 9.80. The minimum absolute atomic E-state index is 0.0360. The van der Waals surface area contributed by atoms with E-state index in [0.717, 1.165) is 19.3 Å². The van der Waals surface area contributed by atoms with Crippen LogP contribution in [0.1, 0.15) is 47.0 Å². The first-order chi connectivity index (χ1) is 5.33. The Bertz CT molecular complexity index is 128. The van der Waals surface area contributed by atoms with Gasteiger partial charge >= 0.3 is 0 Å². The van der Waals surface area contributed by atoms with Gasteiger partial charge in [-0.15, -0.1) is 0 Å². The molecule has 0 rings (SSSR count). The lowest BCUT2D eigenvalue weighted by atomic mass is 9.78. The summed E-state index contributed by atoms with van der Waals surface area (Å²) in [4.78, 5) is 0. The van der Waals surface area contributed by atoms with Gasteiger partial charge in [0.25, 0.3) is 0 Å². The molecule has 0 radical (unpaired) electrons. The van der Waals surface area contributed by atoms with Gasteiger partial charge in [0.2, 0.25) is 0 Å². The molecule has 1 atom stereocenters. The van der Waals surface area contributed by atoms with E-state index >= 15 is 0 Å². The predicted octanol–water partition coefficient (Wildman–Crippen LogP) is 1.95. The second kappa shape index (κ2) is 4.24. The summed E-state index contributed by atoms with van der Waals surface area (Å²) in [6, 6.07) is 0. The van der Waals surface area contributed by atoms with Gasteiger partial charge in [-0.3, -0.25) is 0 Å². The van der Waals surface area contributed by atoms with Crippen molar-refractivity contribution in [2.24, 2.45) is 5.41 Å². The Morgan fingerprint density at radius 2 is 1.67 bits per heavy atom. The molecule has 0 aliphatic carbocycles. The molecule has 0 bridgehead atoms. The van der Waals surface area contributed by atoms with Crippen LogP contribution in [0.2, 0.25) is 0 Å². The SMILES string of the molecule is CCC(C)(O)CC(C)(C)CCO. The summed E-state index contributed by atoms with van der Waals surface area (Å²) in [6.45, 7) is 8.19. The summed E-state index contributed by atoms with van der Waals surface area (Å²) in [7, 11) is 0. The minimum atomic E-state index is -0.585. The van der Waals surface area contributed by atoms with Gasteiger partial charge in [-0.1, -0.05) is 20.8 Å². The standard InChI is InChI=1S/C10H22O2/c1-5-10(4,12)8-9(2,3)6-7-11/h11-12H,5-8H2,1-4H3. The Hall–Kier alpha value is -0.0800. The van der Waals surface area contributed by atoms with E-state index in [1.54, 1.807) is 0 Å². The van der Waals surface area contributed by atoms with Crippen molar-refractivity contribution in [3.05, 3.63) is 0 Å². The number of hydrogen-bond donors (Lipinski definition) is 2. The minimum Gasteiger partial charge on any atom is -0.396 e. The van der Waals surface area contributed by atoms with Gasteiger partial charge in [0, 0.05) is 6.61 Å². The van der Waals surface area contributed by atoms with E-state index in [9.17, 15) is 5.11 Å². The molecule has 0 aliphatic rings. The Balaban J connectivity index is 4.04. The van der Waals surface area contributed by atoms with Crippen LogP contribution in [0.3, 0.4) is 0 Å². The lowest BCUT2D eigenvalue weighted by molar-refractivity contribution is 0.00498. The van der Waals surface area contributed by atoms with E-state index in [4.69, 9.17) is 5.11 Å². The molecule has 0 aromatic carbocycles. The van der Waals surface area contributed by atoms with Crippen molar-refractivity contribution in [1.82, 2.24) is 0 Å². The molecule has 0 saturated heterocycles. The summed E-state index contributed by atoms with van der Waals surface area (Å²) in [5.74, 6) is 0. The smallest absolute Gasteiger partial charge is 0.0622 e. The second-order valence-corrected chi connectivity index (χ2v) is 4.67. The third-order valence-corrected chi connectivity index (χ3v) is 2.41. The van der Waals surface area contributed by atoms with Gasteiger partial charge in [-0.05, 0) is 31.6 Å². The number of aliphatic hydroxyl groups excluding tert-OH is 1. The van der Waals surface area contributed by atoms with Crippen molar-refractivity contribution < 1.29 is 10.2 Å². The molecular formula is C10H22O2. The molecule has 0 amide bonds. The molecule has 0 aromatic rings. The molecule has 0 aromatic heterocycles. The van der Waals surface area contributed by atoms with Crippen molar-refractivity contribution in [2.45, 2.75) is 52.6 Å². The van der Waals surface area contributed by atoms with Crippen LogP contribution in [0.5, 0.6) is 0 Å². The van der Waals surface area contributed by atoms with Crippen LogP contribution in [-0.4, -0.2) is 22.4 Å². The average molecular weight is 174 g/mol. The van der Waals surface area contributed by atoms with E-state index in [1.165, 1.54) is 0 Å². The molecule has 2 nitrogen and oxygen atoms in total. The van der Waals surface area contributed by atoms with Crippen molar-refractivity contribution in [3.8, 4) is 0 Å². The zero-order chi connectivity index (χ0) is 9.83. The molecule has 2 heteroatoms. The van der Waals surface area contributed by atoms with Gasteiger partial charge in [-0.2, -0.15) is 0 Å². The van der Waals surface area contributed by atoms with E-state index in [2.05, 4.69) is 13.8 Å². The molecular weight excluding hydrogens is 152 g/mol. The third-order valence-electron chi connectivity index (χ3n) is 2.41. The Morgan fingerprint density at radius 3 is 2.00 bits per heavy atom. The van der Waals surface area contributed by atoms with E-state index in [-0.39, 0.29) is 12.0 Å². The van der Waals surface area contributed by atoms with Gasteiger partial charge in [0.1, 0.15) is 0 Å². The number of hydrogen-bond acceptors (Lipinski definition) is 2. The van der Waals surface area contributed by atoms with Crippen molar-refractivity contribution >= 4 is 0 Å². The topological polar surface area (TPSA) is 40.5 Å². The third kappa shape index (κ3) is 4.73. The molecule has 0 fully saturated rings. The highest BCUT2D eigenvalue weighted by molar-refractivity contribution is 4.80. The van der Waals surface area contributed by atoms with Gasteiger partial charge in [0.15, 0.2) is 0 Å². The van der Waals surface area contributed by atoms with Crippen molar-refractivity contribution in [3.63, 3.8) is 0 Å². The molecule has 0 aliphatic heterocycles. The van der Waals surface area contributed by atoms with Crippen LogP contribution in [0, 0.1) is 5.41 Å². The summed E-state index contributed by atoms with van der Waals surface area (Å²) in [6.07, 6.45) is 2.27. The fourth-order valence-electron chi connectivity index (χ4n) is 1.55. The summed E-state index contributed by atoms with van der Waals surface area (Å²) < 4.78 is 0. The monoisotopic (exact) mass is 174 g/mol. The normalized spacial score (nSPS) is 17.5. The highest BCUT2D eigenvalue weighted by atomic mass is 16.3. The van der Waals surface area contributed by atoms with Crippen LogP contribution in [-0.2, 0) is 0 Å². The fraction of sp³-hybridized carbons (Fsp3) is 1.00. The largest absolute Gasteiger partial charge is 0.396 e. The van der Waals surface area contributed by atoms with Crippen LogP contribution in [0.25, 0.3) is 0 Å². The number of aliphatic hydroxyl groups is 2. The van der Waals surface area contributed by atoms with Gasteiger partial charge in [-0.25, -0.2) is 0 Å². The van der Waals surface area contributed by atoms with Crippen LogP contribution < -0.4 is 0 Å². The van der Waals surface area contributed by atoms with E-state index in [1.807, 2.05) is 13.8 Å². The quantitative estimate of drug-likeness (QED) is 0.668. The lowest BCUT2D eigenvalue weighted by Gasteiger charge is -2.32. The zero-order valence-corrected chi connectivity index (χ0v) is 8.72. The van der Waals surface area contributed by atoms with Crippen LogP contribution in [0.15, 0.2) is 0 Å². The molecule has 74 valence electrons. The zero-order valence-electron chi connectivity index (χ0n) is 8.72. The fourth-order valence-corrected chi connectivity index (χ4v) is 1.55. The first kappa shape index (κ1) is 11.9. The summed E-state index contributed by atoms with van der Waals surface area (Å²) in [5.41, 5.74) is -0.549. The summed E-state index contributed by atoms with van der Waals surface area (Å²) >= 11 is 0. The molecule has 12 heavy (non-hydrogen) atoms. The Labute approximate surface area is 75.6 Å². The van der Waals surface area contributed by atoms with Crippen LogP contribution >= 0.6 is 0 Å². The molecule has 2 N–H and O–H groups in total. The molecule has 0 spiro atoms. The lowest BCUT2D eigenvalue weighted by Crippen LogP contribution is -2.31. The van der Waals surface area contributed by atoms with Crippen molar-refractivity contribution in [2.75, 3.05) is 6.61 Å². The van der Waals surface area contributed by atoms with E-state index in [0.29, 0.717) is 0 Å². The highest BCUT2D eigenvalue weighted by Crippen LogP contribution is 2.32. The maximum atomic E-state index is 9.80. The van der Waals surface area contributed by atoms with Crippen LogP contribution in [0.4, 0.5) is 0 Å². The van der Waals surface area contributed by atoms with Crippen molar-refractivity contribution in [1.29, 1.82) is 0 Å². The van der Waals surface area contributed by atoms with Gasteiger partial charge < -0.3 is 10.2 Å². The Morgan fingerprint density at radius 1 is 1.17 bits per heavy atom. The second-order valence-electron chi connectivity index (χ2n) is 4.67. The average Bonchev–Trinajstić information content (AvgIpc) is 1.85. The maximum Gasteiger partial charge on any atom is 0.0622 e. The predicted molar refractivity (Wildman–Crippen MR) is 51.0 cm³/mol. The first-order valence-corrected chi connectivity index (χ1v) is 4.66.